The molecule has 0 saturated heterocycles. The molecule has 0 saturated carbocycles. The fourth-order valence-electron chi connectivity index (χ4n) is 3.70. The average molecular weight is 403 g/mol. The average Bonchev–Trinajstić information content (AvgIpc) is 3.23. The fourth-order valence-corrected chi connectivity index (χ4v) is 4.00. The molecule has 0 atom stereocenters. The quantitative estimate of drug-likeness (QED) is 0.461. The number of nitrogens with zero attached hydrogens (tertiary/aromatic N) is 2. The largest absolute Gasteiger partial charge is 0.368 e. The number of fused-ring (bicyclic) bond motifs is 3. The van der Waals surface area contributed by atoms with E-state index in [2.05, 4.69) is 58.3 Å². The molecule has 2 N–H and O–H groups in total. The first-order valence-electron chi connectivity index (χ1n) is 9.43. The number of H-pyrrole nitrogens is 1. The van der Waals surface area contributed by atoms with Gasteiger partial charge in [0.2, 0.25) is 0 Å². The molecule has 0 amide bonds. The summed E-state index contributed by atoms with van der Waals surface area (Å²) in [6, 6.07) is 14.3. The zero-order valence-electron chi connectivity index (χ0n) is 15.6. The molecule has 4 aromatic rings. The van der Waals surface area contributed by atoms with Crippen LogP contribution in [0.5, 0.6) is 0 Å². The van der Waals surface area contributed by atoms with Gasteiger partial charge in [-0.3, -0.25) is 0 Å². The summed E-state index contributed by atoms with van der Waals surface area (Å²) in [5, 5.41) is 1.14. The molecular formula is C21H24Cl2N4+2. The van der Waals surface area contributed by atoms with Crippen LogP contribution in [-0.2, 0) is 6.54 Å². The number of halogens is 2. The van der Waals surface area contributed by atoms with E-state index in [0.717, 1.165) is 43.2 Å². The number of aromatic nitrogens is 3. The minimum Gasteiger partial charge on any atom is -0.333 e. The van der Waals surface area contributed by atoms with Crippen LogP contribution in [0.4, 0.5) is 0 Å². The van der Waals surface area contributed by atoms with Crippen molar-refractivity contribution in [2.45, 2.75) is 20.4 Å². The molecule has 140 valence electrons. The molecular weight excluding hydrogens is 379 g/mol. The molecule has 2 aromatic carbocycles. The first-order valence-corrected chi connectivity index (χ1v) is 10.2. The van der Waals surface area contributed by atoms with Gasteiger partial charge in [-0.25, -0.2) is 9.55 Å². The first-order chi connectivity index (χ1) is 13.1. The second-order valence-corrected chi connectivity index (χ2v) is 7.65. The van der Waals surface area contributed by atoms with Crippen molar-refractivity contribution in [3.05, 3.63) is 58.7 Å². The summed E-state index contributed by atoms with van der Waals surface area (Å²) in [5.74, 6) is 1.09. The van der Waals surface area contributed by atoms with Crippen LogP contribution in [-0.4, -0.2) is 29.0 Å². The number of para-hydroxylation sites is 2. The van der Waals surface area contributed by atoms with E-state index in [4.69, 9.17) is 23.2 Å². The van der Waals surface area contributed by atoms with E-state index < -0.39 is 0 Å². The van der Waals surface area contributed by atoms with Gasteiger partial charge in [0.05, 0.1) is 23.1 Å². The number of benzene rings is 2. The van der Waals surface area contributed by atoms with Gasteiger partial charge in [0, 0.05) is 5.56 Å². The predicted octanol–water partition coefficient (Wildman–Crippen LogP) is 3.61. The zero-order chi connectivity index (χ0) is 19.0. The van der Waals surface area contributed by atoms with Crippen molar-refractivity contribution < 1.29 is 9.47 Å². The second kappa shape index (κ2) is 7.55. The molecule has 0 bridgehead atoms. The molecule has 0 aliphatic carbocycles. The first kappa shape index (κ1) is 18.4. The van der Waals surface area contributed by atoms with Crippen LogP contribution in [0, 0.1) is 0 Å². The summed E-state index contributed by atoms with van der Waals surface area (Å²) in [4.78, 5) is 5.19. The highest BCUT2D eigenvalue weighted by Crippen LogP contribution is 2.28. The van der Waals surface area contributed by atoms with Gasteiger partial charge >= 0.3 is 5.78 Å². The summed E-state index contributed by atoms with van der Waals surface area (Å²) in [5.41, 5.74) is 4.50. The smallest absolute Gasteiger partial charge is 0.333 e. The van der Waals surface area contributed by atoms with Gasteiger partial charge in [0.1, 0.15) is 36.0 Å². The van der Waals surface area contributed by atoms with Crippen LogP contribution in [0.1, 0.15) is 13.8 Å². The zero-order valence-corrected chi connectivity index (χ0v) is 17.1. The van der Waals surface area contributed by atoms with E-state index in [0.29, 0.717) is 10.0 Å². The summed E-state index contributed by atoms with van der Waals surface area (Å²) in [6.45, 7) is 8.84. The van der Waals surface area contributed by atoms with E-state index in [1.807, 2.05) is 18.2 Å². The summed E-state index contributed by atoms with van der Waals surface area (Å²) in [6.07, 6.45) is 2.14. The van der Waals surface area contributed by atoms with Crippen LogP contribution in [0.15, 0.2) is 48.7 Å². The Labute approximate surface area is 168 Å². The van der Waals surface area contributed by atoms with Crippen LogP contribution < -0.4 is 9.47 Å². The predicted molar refractivity (Wildman–Crippen MR) is 112 cm³/mol. The minimum absolute atomic E-state index is 0.566. The molecule has 6 heteroatoms. The Morgan fingerprint density at radius 1 is 1.04 bits per heavy atom. The molecule has 0 aliphatic heterocycles. The van der Waals surface area contributed by atoms with E-state index in [1.54, 1.807) is 4.90 Å². The van der Waals surface area contributed by atoms with Crippen molar-refractivity contribution in [2.24, 2.45) is 0 Å². The second-order valence-electron chi connectivity index (χ2n) is 6.84. The van der Waals surface area contributed by atoms with Crippen molar-refractivity contribution in [2.75, 3.05) is 19.6 Å². The maximum atomic E-state index is 6.22. The van der Waals surface area contributed by atoms with E-state index in [9.17, 15) is 0 Å². The Bertz CT molecular complexity index is 1090. The minimum atomic E-state index is 0.566. The number of hydrogen-bond donors (Lipinski definition) is 2. The number of imidazole rings is 2. The summed E-state index contributed by atoms with van der Waals surface area (Å²) in [7, 11) is 0. The standard InChI is InChI=1S/C21H22Cl2N4/c1-3-25(4-2)11-12-26-19-7-5-6-8-20(19)27-14-18(24-21(26)27)15-9-10-16(22)17(23)13-15/h5-10,13-14H,3-4,11-12H2,1-2H3/p+2. The number of hydrogen-bond acceptors (Lipinski definition) is 0. The molecule has 0 fully saturated rings. The number of quaternary nitrogens is 1. The molecule has 0 radical (unpaired) electrons. The maximum Gasteiger partial charge on any atom is 0.368 e. The lowest BCUT2D eigenvalue weighted by Crippen LogP contribution is -3.12. The Balaban J connectivity index is 1.82. The van der Waals surface area contributed by atoms with Crippen LogP contribution in [0.25, 0.3) is 28.1 Å². The summed E-state index contributed by atoms with van der Waals surface area (Å²) < 4.78 is 4.60. The molecule has 2 aromatic heterocycles. The number of rotatable bonds is 6. The fraction of sp³-hybridized carbons (Fsp3) is 0.286. The normalized spacial score (nSPS) is 11.9. The number of nitrogens with one attached hydrogen (secondary N) is 2. The molecule has 2 heterocycles. The van der Waals surface area contributed by atoms with Crippen molar-refractivity contribution in [1.82, 2.24) is 9.38 Å². The van der Waals surface area contributed by atoms with E-state index in [-0.39, 0.29) is 0 Å². The van der Waals surface area contributed by atoms with Gasteiger partial charge in [-0.05, 0) is 44.2 Å². The molecule has 0 spiro atoms. The van der Waals surface area contributed by atoms with Gasteiger partial charge < -0.3 is 4.90 Å². The molecule has 27 heavy (non-hydrogen) atoms. The lowest BCUT2D eigenvalue weighted by molar-refractivity contribution is -0.912. The van der Waals surface area contributed by atoms with Crippen LogP contribution in [0.2, 0.25) is 10.0 Å². The molecule has 4 rings (SSSR count). The topological polar surface area (TPSA) is 28.5 Å². The third-order valence-corrected chi connectivity index (χ3v) is 6.08. The highest BCUT2D eigenvalue weighted by molar-refractivity contribution is 6.42. The van der Waals surface area contributed by atoms with Gasteiger partial charge in [-0.1, -0.05) is 35.3 Å². The van der Waals surface area contributed by atoms with Gasteiger partial charge in [-0.2, -0.15) is 4.40 Å². The van der Waals surface area contributed by atoms with Crippen LogP contribution >= 0.6 is 23.2 Å². The van der Waals surface area contributed by atoms with Crippen molar-refractivity contribution in [3.8, 4) is 11.3 Å². The van der Waals surface area contributed by atoms with Crippen molar-refractivity contribution >= 4 is 40.0 Å². The Morgan fingerprint density at radius 2 is 1.81 bits per heavy atom. The third kappa shape index (κ3) is 3.33. The lowest BCUT2D eigenvalue weighted by Gasteiger charge is -2.14. The molecule has 0 unspecified atom stereocenters. The van der Waals surface area contributed by atoms with E-state index in [1.165, 1.54) is 11.0 Å². The van der Waals surface area contributed by atoms with Crippen molar-refractivity contribution in [1.29, 1.82) is 0 Å². The number of aromatic amines is 1. The van der Waals surface area contributed by atoms with Crippen molar-refractivity contribution in [3.63, 3.8) is 0 Å². The Morgan fingerprint density at radius 3 is 2.56 bits per heavy atom. The Hall–Kier alpha value is -2.01. The monoisotopic (exact) mass is 402 g/mol. The maximum absolute atomic E-state index is 6.22. The number of likely N-dealkylation sites (N-methyl/N-ethyl adjacent to an activating group) is 1. The third-order valence-electron chi connectivity index (χ3n) is 5.34. The highest BCUT2D eigenvalue weighted by Gasteiger charge is 2.22. The molecule has 0 aliphatic rings. The lowest BCUT2D eigenvalue weighted by atomic mass is 10.2. The van der Waals surface area contributed by atoms with Gasteiger partial charge in [-0.15, -0.1) is 0 Å². The SMILES string of the molecule is CC[NH+](CC)CC[n+]1c2ccccc2n2cc(-c3ccc(Cl)c(Cl)c3)[nH]c21. The summed E-state index contributed by atoms with van der Waals surface area (Å²) >= 11 is 12.3. The van der Waals surface area contributed by atoms with Gasteiger partial charge in [0.15, 0.2) is 0 Å². The highest BCUT2D eigenvalue weighted by atomic mass is 35.5. The van der Waals surface area contributed by atoms with Gasteiger partial charge in [0.25, 0.3) is 0 Å². The Kier molecular flexibility index (Phi) is 5.13. The van der Waals surface area contributed by atoms with Crippen LogP contribution in [0.3, 0.4) is 0 Å². The molecule has 4 nitrogen and oxygen atoms in total. The van der Waals surface area contributed by atoms with E-state index >= 15 is 0 Å².